The second-order valence-electron chi connectivity index (χ2n) is 4.02. The van der Waals surface area contributed by atoms with Crippen LogP contribution in [0.2, 0.25) is 0 Å². The molecule has 0 aliphatic rings. The van der Waals surface area contributed by atoms with Gasteiger partial charge in [0.05, 0.1) is 5.69 Å². The summed E-state index contributed by atoms with van der Waals surface area (Å²) < 4.78 is 7.14. The van der Waals surface area contributed by atoms with Gasteiger partial charge >= 0.3 is 6.01 Å². The highest BCUT2D eigenvalue weighted by Crippen LogP contribution is 2.19. The van der Waals surface area contributed by atoms with Crippen LogP contribution >= 0.6 is 0 Å². The quantitative estimate of drug-likeness (QED) is 0.838. The van der Waals surface area contributed by atoms with Crippen molar-refractivity contribution in [3.63, 3.8) is 0 Å². The number of nitrogen functional groups attached to an aromatic ring is 1. The van der Waals surface area contributed by atoms with Crippen LogP contribution in [0.15, 0.2) is 6.07 Å². The Morgan fingerprint density at radius 1 is 1.28 bits per heavy atom. The molecule has 8 heteroatoms. The van der Waals surface area contributed by atoms with Gasteiger partial charge in [0.25, 0.3) is 0 Å². The molecule has 0 atom stereocenters. The van der Waals surface area contributed by atoms with E-state index in [1.165, 1.54) is 0 Å². The number of aryl methyl sites for hydroxylation is 2. The van der Waals surface area contributed by atoms with Gasteiger partial charge in [-0.15, -0.1) is 0 Å². The molecule has 18 heavy (non-hydrogen) atoms. The highest BCUT2D eigenvalue weighted by atomic mass is 16.5. The van der Waals surface area contributed by atoms with Crippen molar-refractivity contribution in [2.24, 2.45) is 7.05 Å². The lowest BCUT2D eigenvalue weighted by Crippen LogP contribution is -2.15. The van der Waals surface area contributed by atoms with E-state index >= 15 is 0 Å². The van der Waals surface area contributed by atoms with Gasteiger partial charge in [0.1, 0.15) is 0 Å². The Balaban J connectivity index is 2.31. The lowest BCUT2D eigenvalue weighted by molar-refractivity contribution is 0.398. The third kappa shape index (κ3) is 2.47. The largest absolute Gasteiger partial charge is 0.405 e. The number of nitrogens with two attached hydrogens (primary N) is 1. The lowest BCUT2D eigenvalue weighted by atomic mass is 10.5. The number of hydrogen-bond donors (Lipinski definition) is 1. The van der Waals surface area contributed by atoms with Crippen LogP contribution in [0, 0.1) is 6.92 Å². The molecular weight excluding hydrogens is 234 g/mol. The molecule has 0 aromatic carbocycles. The van der Waals surface area contributed by atoms with E-state index < -0.39 is 0 Å². The van der Waals surface area contributed by atoms with Crippen LogP contribution in [0.3, 0.4) is 0 Å². The molecule has 2 aromatic heterocycles. The van der Waals surface area contributed by atoms with E-state index in [1.54, 1.807) is 22.7 Å². The number of hydrogen-bond acceptors (Lipinski definition) is 7. The number of ether oxygens (including phenoxy) is 1. The molecule has 2 heterocycles. The molecule has 0 aliphatic carbocycles. The van der Waals surface area contributed by atoms with E-state index in [4.69, 9.17) is 10.5 Å². The number of anilines is 2. The number of rotatable bonds is 3. The van der Waals surface area contributed by atoms with Gasteiger partial charge in [0.2, 0.25) is 17.8 Å². The van der Waals surface area contributed by atoms with Crippen molar-refractivity contribution in [3.05, 3.63) is 11.8 Å². The minimum Gasteiger partial charge on any atom is -0.405 e. The second-order valence-corrected chi connectivity index (χ2v) is 4.02. The fraction of sp³-hybridized carbons (Fsp3) is 0.400. The average Bonchev–Trinajstić information content (AvgIpc) is 2.56. The highest BCUT2D eigenvalue weighted by Gasteiger charge is 2.10. The molecule has 2 aromatic rings. The van der Waals surface area contributed by atoms with Crippen LogP contribution in [-0.2, 0) is 7.05 Å². The topological polar surface area (TPSA) is 95.0 Å². The minimum absolute atomic E-state index is 0.114. The Hall–Kier alpha value is -2.38. The van der Waals surface area contributed by atoms with Crippen molar-refractivity contribution in [2.75, 3.05) is 24.7 Å². The van der Waals surface area contributed by atoms with Crippen LogP contribution in [0.25, 0.3) is 0 Å². The summed E-state index contributed by atoms with van der Waals surface area (Å²) in [7, 11) is 5.40. The minimum atomic E-state index is 0.114. The van der Waals surface area contributed by atoms with Gasteiger partial charge in [-0.25, -0.2) is 4.68 Å². The van der Waals surface area contributed by atoms with E-state index in [9.17, 15) is 0 Å². The molecule has 0 saturated heterocycles. The maximum atomic E-state index is 5.60. The van der Waals surface area contributed by atoms with Crippen molar-refractivity contribution < 1.29 is 4.74 Å². The fourth-order valence-corrected chi connectivity index (χ4v) is 1.38. The first-order valence-electron chi connectivity index (χ1n) is 5.33. The zero-order valence-electron chi connectivity index (χ0n) is 10.7. The first-order valence-corrected chi connectivity index (χ1v) is 5.33. The Bertz CT molecular complexity index is 563. The van der Waals surface area contributed by atoms with Crippen molar-refractivity contribution in [1.29, 1.82) is 0 Å². The third-order valence-electron chi connectivity index (χ3n) is 2.18. The Morgan fingerprint density at radius 2 is 2.00 bits per heavy atom. The number of aromatic nitrogens is 5. The van der Waals surface area contributed by atoms with Crippen LogP contribution in [0.4, 0.5) is 11.9 Å². The van der Waals surface area contributed by atoms with Gasteiger partial charge < -0.3 is 15.4 Å². The predicted octanol–water partition coefficient (Wildman–Crippen LogP) is 0.354. The summed E-state index contributed by atoms with van der Waals surface area (Å²) >= 11 is 0. The van der Waals surface area contributed by atoms with Gasteiger partial charge in [-0.05, 0) is 6.92 Å². The molecule has 0 spiro atoms. The molecule has 96 valence electrons. The summed E-state index contributed by atoms with van der Waals surface area (Å²) in [5.41, 5.74) is 6.45. The zero-order valence-corrected chi connectivity index (χ0v) is 10.7. The molecule has 0 amide bonds. The molecule has 0 aliphatic heterocycles. The first-order chi connectivity index (χ1) is 8.45. The normalized spacial score (nSPS) is 10.4. The average molecular weight is 249 g/mol. The molecule has 0 bridgehead atoms. The SMILES string of the molecule is Cc1cc(Oc2nc(N)nc(N(C)C)n2)n(C)n1. The standard InChI is InChI=1S/C10H15N7O/c1-6-5-7(17(4)15-6)18-10-13-8(11)12-9(14-10)16(2)3/h5H,1-4H3,(H2,11,12,13,14). The van der Waals surface area contributed by atoms with E-state index in [0.717, 1.165) is 5.69 Å². The Morgan fingerprint density at radius 3 is 2.56 bits per heavy atom. The summed E-state index contributed by atoms with van der Waals surface area (Å²) in [6.45, 7) is 1.87. The molecule has 2 N–H and O–H groups in total. The van der Waals surface area contributed by atoms with Gasteiger partial charge in [-0.3, -0.25) is 0 Å². The maximum Gasteiger partial charge on any atom is 0.329 e. The van der Waals surface area contributed by atoms with Crippen LogP contribution in [-0.4, -0.2) is 38.8 Å². The van der Waals surface area contributed by atoms with E-state index in [-0.39, 0.29) is 12.0 Å². The Kier molecular flexibility index (Phi) is 3.00. The van der Waals surface area contributed by atoms with Gasteiger partial charge in [0, 0.05) is 27.2 Å². The van der Waals surface area contributed by atoms with Crippen molar-refractivity contribution >= 4 is 11.9 Å². The van der Waals surface area contributed by atoms with Crippen LogP contribution in [0.1, 0.15) is 5.69 Å². The molecule has 0 radical (unpaired) electrons. The summed E-state index contributed by atoms with van der Waals surface area (Å²) in [4.78, 5) is 13.8. The summed E-state index contributed by atoms with van der Waals surface area (Å²) in [6.07, 6.45) is 0. The van der Waals surface area contributed by atoms with E-state index in [0.29, 0.717) is 11.8 Å². The van der Waals surface area contributed by atoms with Gasteiger partial charge in [0.15, 0.2) is 0 Å². The highest BCUT2D eigenvalue weighted by molar-refractivity contribution is 5.34. The number of nitrogens with zero attached hydrogens (tertiary/aromatic N) is 6. The molecule has 8 nitrogen and oxygen atoms in total. The molecule has 0 saturated carbocycles. The maximum absolute atomic E-state index is 5.60. The Labute approximate surface area is 104 Å². The van der Waals surface area contributed by atoms with E-state index in [1.807, 2.05) is 21.0 Å². The molecule has 2 rings (SSSR count). The van der Waals surface area contributed by atoms with Crippen LogP contribution in [0.5, 0.6) is 11.9 Å². The predicted molar refractivity (Wildman–Crippen MR) is 66.6 cm³/mol. The summed E-state index contributed by atoms with van der Waals surface area (Å²) in [6, 6.07) is 1.93. The fourth-order valence-electron chi connectivity index (χ4n) is 1.38. The zero-order chi connectivity index (χ0) is 13.3. The smallest absolute Gasteiger partial charge is 0.329 e. The molecule has 0 unspecified atom stereocenters. The molecule has 0 fully saturated rings. The monoisotopic (exact) mass is 249 g/mol. The van der Waals surface area contributed by atoms with Crippen molar-refractivity contribution in [2.45, 2.75) is 6.92 Å². The third-order valence-corrected chi connectivity index (χ3v) is 2.18. The van der Waals surface area contributed by atoms with Gasteiger partial charge in [-0.1, -0.05) is 0 Å². The molecular formula is C10H15N7O. The van der Waals surface area contributed by atoms with Crippen molar-refractivity contribution in [1.82, 2.24) is 24.7 Å². The van der Waals surface area contributed by atoms with Crippen molar-refractivity contribution in [3.8, 4) is 11.9 Å². The van der Waals surface area contributed by atoms with Gasteiger partial charge in [-0.2, -0.15) is 20.1 Å². The summed E-state index contributed by atoms with van der Waals surface area (Å²) in [5.74, 6) is 1.10. The second kappa shape index (κ2) is 4.47. The first kappa shape index (κ1) is 12.1. The lowest BCUT2D eigenvalue weighted by Gasteiger charge is -2.11. The van der Waals surface area contributed by atoms with Crippen LogP contribution < -0.4 is 15.4 Å². The summed E-state index contributed by atoms with van der Waals surface area (Å²) in [5, 5.41) is 4.17. The van der Waals surface area contributed by atoms with E-state index in [2.05, 4.69) is 20.1 Å².